The zero-order valence-electron chi connectivity index (χ0n) is 14.1. The van der Waals surface area contributed by atoms with Gasteiger partial charge in [0.05, 0.1) is 11.3 Å². The van der Waals surface area contributed by atoms with Crippen LogP contribution in [0, 0.1) is 34.0 Å². The molecule has 0 aromatic heterocycles. The van der Waals surface area contributed by atoms with Crippen molar-refractivity contribution >= 4 is 12.0 Å². The maximum Gasteiger partial charge on any atom is 0.260 e. The van der Waals surface area contributed by atoms with Crippen molar-refractivity contribution in [2.75, 3.05) is 19.7 Å². The van der Waals surface area contributed by atoms with E-state index in [2.05, 4.69) is 0 Å². The SMILES string of the molecule is N#CC(C#N)=C(N)/C(C#N)=C\c1ccccc1OCC(=O)N1CCCC1. The van der Waals surface area contributed by atoms with Crippen LogP contribution in [0.2, 0.25) is 0 Å². The smallest absolute Gasteiger partial charge is 0.260 e. The molecular formula is C19H17N5O2. The number of carbonyl (C=O) groups excluding carboxylic acids is 1. The van der Waals surface area contributed by atoms with Gasteiger partial charge in [-0.25, -0.2) is 0 Å². The minimum atomic E-state index is -0.333. The van der Waals surface area contributed by atoms with Gasteiger partial charge in [0.25, 0.3) is 5.91 Å². The molecule has 1 aromatic carbocycles. The molecule has 26 heavy (non-hydrogen) atoms. The average molecular weight is 347 g/mol. The molecule has 1 saturated heterocycles. The van der Waals surface area contributed by atoms with Gasteiger partial charge in [0.2, 0.25) is 0 Å². The van der Waals surface area contributed by atoms with Gasteiger partial charge in [-0.2, -0.15) is 15.8 Å². The monoisotopic (exact) mass is 347 g/mol. The van der Waals surface area contributed by atoms with Crippen molar-refractivity contribution in [1.82, 2.24) is 4.90 Å². The van der Waals surface area contributed by atoms with E-state index in [1.165, 1.54) is 6.08 Å². The maximum atomic E-state index is 12.1. The number of nitrogens with two attached hydrogens (primary N) is 1. The molecule has 0 spiro atoms. The minimum Gasteiger partial charge on any atom is -0.483 e. The molecule has 0 radical (unpaired) electrons. The van der Waals surface area contributed by atoms with Crippen LogP contribution in [0.4, 0.5) is 0 Å². The highest BCUT2D eigenvalue weighted by molar-refractivity contribution is 5.78. The summed E-state index contributed by atoms with van der Waals surface area (Å²) in [4.78, 5) is 13.9. The number of likely N-dealkylation sites (tertiary alicyclic amines) is 1. The van der Waals surface area contributed by atoms with Crippen LogP contribution >= 0.6 is 0 Å². The number of hydrogen-bond acceptors (Lipinski definition) is 6. The normalized spacial score (nSPS) is 13.3. The quantitative estimate of drug-likeness (QED) is 0.639. The summed E-state index contributed by atoms with van der Waals surface area (Å²) in [6, 6.07) is 12.1. The Hall–Kier alpha value is -3.76. The van der Waals surface area contributed by atoms with E-state index in [0.717, 1.165) is 25.9 Å². The van der Waals surface area contributed by atoms with Crippen molar-refractivity contribution in [3.8, 4) is 24.0 Å². The van der Waals surface area contributed by atoms with Gasteiger partial charge in [-0.05, 0) is 25.0 Å². The van der Waals surface area contributed by atoms with Crippen molar-refractivity contribution in [2.24, 2.45) is 5.73 Å². The zero-order chi connectivity index (χ0) is 18.9. The second-order valence-corrected chi connectivity index (χ2v) is 5.60. The summed E-state index contributed by atoms with van der Waals surface area (Å²) in [5.74, 6) is 0.327. The van der Waals surface area contributed by atoms with Gasteiger partial charge in [0.15, 0.2) is 12.2 Å². The van der Waals surface area contributed by atoms with Crippen molar-refractivity contribution < 1.29 is 9.53 Å². The van der Waals surface area contributed by atoms with E-state index < -0.39 is 0 Å². The number of ether oxygens (including phenoxy) is 1. The Morgan fingerprint density at radius 3 is 2.42 bits per heavy atom. The highest BCUT2D eigenvalue weighted by atomic mass is 16.5. The fraction of sp³-hybridized carbons (Fsp3) is 0.263. The molecule has 1 aliphatic heterocycles. The number of para-hydroxylation sites is 1. The molecule has 7 heteroatoms. The van der Waals surface area contributed by atoms with Crippen molar-refractivity contribution in [3.05, 3.63) is 46.7 Å². The first-order valence-electron chi connectivity index (χ1n) is 8.02. The summed E-state index contributed by atoms with van der Waals surface area (Å²) in [6.07, 6.45) is 3.43. The lowest BCUT2D eigenvalue weighted by Gasteiger charge is -2.16. The summed E-state index contributed by atoms with van der Waals surface area (Å²) in [5, 5.41) is 27.1. The van der Waals surface area contributed by atoms with Crippen LogP contribution in [-0.2, 0) is 4.79 Å². The van der Waals surface area contributed by atoms with E-state index >= 15 is 0 Å². The Balaban J connectivity index is 2.24. The fourth-order valence-electron chi connectivity index (χ4n) is 2.53. The second kappa shape index (κ2) is 8.92. The van der Waals surface area contributed by atoms with Crippen LogP contribution in [0.1, 0.15) is 18.4 Å². The molecular weight excluding hydrogens is 330 g/mol. The molecule has 1 amide bonds. The van der Waals surface area contributed by atoms with Gasteiger partial charge in [0, 0.05) is 18.7 Å². The second-order valence-electron chi connectivity index (χ2n) is 5.60. The third-order valence-corrected chi connectivity index (χ3v) is 3.93. The molecule has 2 rings (SSSR count). The predicted molar refractivity (Wildman–Crippen MR) is 93.8 cm³/mol. The molecule has 0 bridgehead atoms. The molecule has 0 saturated carbocycles. The summed E-state index contributed by atoms with van der Waals surface area (Å²) in [6.45, 7) is 1.39. The summed E-state index contributed by atoms with van der Waals surface area (Å²) < 4.78 is 5.62. The number of amides is 1. The van der Waals surface area contributed by atoms with Crippen molar-refractivity contribution in [2.45, 2.75) is 12.8 Å². The third kappa shape index (κ3) is 4.41. The number of benzene rings is 1. The van der Waals surface area contributed by atoms with Gasteiger partial charge in [-0.15, -0.1) is 0 Å². The lowest BCUT2D eigenvalue weighted by Crippen LogP contribution is -2.32. The standard InChI is InChI=1S/C19H17N5O2/c20-10-15(19(23)16(11-21)12-22)9-14-5-1-2-6-17(14)26-13-18(25)24-7-3-4-8-24/h1-2,5-6,9H,3-4,7-8,13,23H2/b15-9-. The number of carbonyl (C=O) groups is 1. The number of hydrogen-bond donors (Lipinski definition) is 1. The van der Waals surface area contributed by atoms with E-state index in [1.54, 1.807) is 41.3 Å². The Kier molecular flexibility index (Phi) is 6.37. The average Bonchev–Trinajstić information content (AvgIpc) is 3.20. The molecule has 1 fully saturated rings. The molecule has 0 aliphatic carbocycles. The minimum absolute atomic E-state index is 0.0231. The van der Waals surface area contributed by atoms with Crippen LogP contribution in [0.3, 0.4) is 0 Å². The summed E-state index contributed by atoms with van der Waals surface area (Å²) in [5.41, 5.74) is 5.71. The van der Waals surface area contributed by atoms with E-state index in [4.69, 9.17) is 21.0 Å². The van der Waals surface area contributed by atoms with Crippen LogP contribution < -0.4 is 10.5 Å². The molecule has 7 nitrogen and oxygen atoms in total. The van der Waals surface area contributed by atoms with Crippen LogP contribution in [0.25, 0.3) is 6.08 Å². The largest absolute Gasteiger partial charge is 0.483 e. The van der Waals surface area contributed by atoms with E-state index in [-0.39, 0.29) is 29.4 Å². The molecule has 1 aromatic rings. The molecule has 0 atom stereocenters. The van der Waals surface area contributed by atoms with Gasteiger partial charge in [-0.1, -0.05) is 18.2 Å². The van der Waals surface area contributed by atoms with Gasteiger partial charge < -0.3 is 15.4 Å². The first-order chi connectivity index (χ1) is 12.6. The third-order valence-electron chi connectivity index (χ3n) is 3.93. The lowest BCUT2D eigenvalue weighted by molar-refractivity contribution is -0.132. The first kappa shape index (κ1) is 18.6. The molecule has 0 unspecified atom stereocenters. The Bertz CT molecular complexity index is 858. The number of rotatable bonds is 5. The van der Waals surface area contributed by atoms with Crippen LogP contribution in [0.5, 0.6) is 5.75 Å². The maximum absolute atomic E-state index is 12.1. The fourth-order valence-corrected chi connectivity index (χ4v) is 2.53. The van der Waals surface area contributed by atoms with Gasteiger partial charge in [0.1, 0.15) is 24.0 Å². The molecule has 130 valence electrons. The Morgan fingerprint density at radius 1 is 1.15 bits per heavy atom. The predicted octanol–water partition coefficient (Wildman–Crippen LogP) is 1.85. The number of nitrogens with zero attached hydrogens (tertiary/aromatic N) is 4. The first-order valence-corrected chi connectivity index (χ1v) is 8.02. The topological polar surface area (TPSA) is 127 Å². The Morgan fingerprint density at radius 2 is 1.81 bits per heavy atom. The van der Waals surface area contributed by atoms with Crippen molar-refractivity contribution in [1.29, 1.82) is 15.8 Å². The van der Waals surface area contributed by atoms with Crippen molar-refractivity contribution in [3.63, 3.8) is 0 Å². The molecule has 2 N–H and O–H groups in total. The number of nitriles is 3. The highest BCUT2D eigenvalue weighted by Gasteiger charge is 2.18. The van der Waals surface area contributed by atoms with Crippen LogP contribution in [-0.4, -0.2) is 30.5 Å². The van der Waals surface area contributed by atoms with E-state index in [1.807, 2.05) is 6.07 Å². The van der Waals surface area contributed by atoms with Gasteiger partial charge >= 0.3 is 0 Å². The van der Waals surface area contributed by atoms with Crippen LogP contribution in [0.15, 0.2) is 41.1 Å². The summed E-state index contributed by atoms with van der Waals surface area (Å²) >= 11 is 0. The van der Waals surface area contributed by atoms with Gasteiger partial charge in [-0.3, -0.25) is 4.79 Å². The number of allylic oxidation sites excluding steroid dienone is 2. The molecule has 1 heterocycles. The van der Waals surface area contributed by atoms with E-state index in [9.17, 15) is 10.1 Å². The Labute approximate surface area is 151 Å². The lowest BCUT2D eigenvalue weighted by atomic mass is 10.1. The zero-order valence-corrected chi connectivity index (χ0v) is 14.1. The summed E-state index contributed by atoms with van der Waals surface area (Å²) in [7, 11) is 0. The highest BCUT2D eigenvalue weighted by Crippen LogP contribution is 2.23. The molecule has 1 aliphatic rings. The van der Waals surface area contributed by atoms with E-state index in [0.29, 0.717) is 11.3 Å².